The number of rotatable bonds is 1. The zero-order valence-electron chi connectivity index (χ0n) is 16.3. The second-order valence-electron chi connectivity index (χ2n) is 8.05. The van der Waals surface area contributed by atoms with Crippen molar-refractivity contribution >= 4 is 17.2 Å². The van der Waals surface area contributed by atoms with Crippen LogP contribution in [0.25, 0.3) is 0 Å². The van der Waals surface area contributed by atoms with Crippen molar-refractivity contribution in [1.29, 1.82) is 0 Å². The maximum atomic E-state index is 13.0. The number of benzene rings is 1. The van der Waals surface area contributed by atoms with Gasteiger partial charge in [-0.3, -0.25) is 4.79 Å². The van der Waals surface area contributed by atoms with Crippen LogP contribution >= 0.6 is 11.3 Å². The Morgan fingerprint density at radius 2 is 2.07 bits per heavy atom. The van der Waals surface area contributed by atoms with Gasteiger partial charge in [0.25, 0.3) is 5.91 Å². The molecular formula is C23H25NO3S. The molecule has 0 bridgehead atoms. The van der Waals surface area contributed by atoms with Crippen LogP contribution < -0.4 is 0 Å². The average molecular weight is 396 g/mol. The number of piperidine rings is 1. The summed E-state index contributed by atoms with van der Waals surface area (Å²) < 4.78 is 6.24. The molecule has 2 aliphatic heterocycles. The van der Waals surface area contributed by atoms with E-state index in [4.69, 9.17) is 4.74 Å². The number of likely N-dealkylation sites (tertiary alicyclic amines) is 1. The van der Waals surface area contributed by atoms with Crippen molar-refractivity contribution in [1.82, 2.24) is 4.90 Å². The van der Waals surface area contributed by atoms with E-state index in [1.54, 1.807) is 31.3 Å². The Morgan fingerprint density at radius 1 is 1.29 bits per heavy atom. The summed E-state index contributed by atoms with van der Waals surface area (Å²) in [6.07, 6.45) is 2.66. The summed E-state index contributed by atoms with van der Waals surface area (Å²) in [7, 11) is 0. The average Bonchev–Trinajstić information content (AvgIpc) is 3.17. The van der Waals surface area contributed by atoms with Gasteiger partial charge in [0.15, 0.2) is 0 Å². The zero-order valence-corrected chi connectivity index (χ0v) is 17.1. The Kier molecular flexibility index (Phi) is 5.05. The molecule has 2 aliphatic rings. The van der Waals surface area contributed by atoms with Crippen molar-refractivity contribution in [2.75, 3.05) is 19.7 Å². The Labute approximate surface area is 170 Å². The predicted molar refractivity (Wildman–Crippen MR) is 110 cm³/mol. The number of hydrogen-bond donors (Lipinski definition) is 1. The third-order valence-electron chi connectivity index (χ3n) is 5.39. The fourth-order valence-electron chi connectivity index (χ4n) is 3.93. The van der Waals surface area contributed by atoms with Crippen LogP contribution in [0.4, 0.5) is 0 Å². The predicted octanol–water partition coefficient (Wildman–Crippen LogP) is 3.57. The second kappa shape index (κ2) is 7.36. The number of aliphatic hydroxyl groups is 1. The number of carbonyl (C=O) groups excluding carboxylic acids is 1. The van der Waals surface area contributed by atoms with E-state index >= 15 is 0 Å². The molecule has 28 heavy (non-hydrogen) atoms. The first-order valence-corrected chi connectivity index (χ1v) is 10.6. The van der Waals surface area contributed by atoms with Crippen LogP contribution in [0.1, 0.15) is 53.1 Å². The Hall–Kier alpha value is -2.13. The highest BCUT2D eigenvalue weighted by molar-refractivity contribution is 7.10. The van der Waals surface area contributed by atoms with Gasteiger partial charge in [-0.05, 0) is 68.3 Å². The van der Waals surface area contributed by atoms with E-state index in [0.717, 1.165) is 31.4 Å². The number of nitrogens with zero attached hydrogens (tertiary/aromatic N) is 1. The Bertz CT molecular complexity index is 936. The first-order chi connectivity index (χ1) is 13.4. The molecule has 5 heteroatoms. The van der Waals surface area contributed by atoms with E-state index in [0.29, 0.717) is 18.7 Å². The van der Waals surface area contributed by atoms with E-state index in [9.17, 15) is 9.90 Å². The highest BCUT2D eigenvalue weighted by Gasteiger charge is 2.42. The van der Waals surface area contributed by atoms with Gasteiger partial charge in [-0.2, -0.15) is 0 Å². The lowest BCUT2D eigenvalue weighted by Crippen LogP contribution is -2.47. The number of carbonyl (C=O) groups is 1. The van der Waals surface area contributed by atoms with Gasteiger partial charge in [0.05, 0.1) is 6.61 Å². The van der Waals surface area contributed by atoms with Crippen molar-refractivity contribution in [3.8, 4) is 11.8 Å². The highest BCUT2D eigenvalue weighted by atomic mass is 32.1. The molecule has 2 aromatic rings. The fourth-order valence-corrected chi connectivity index (χ4v) is 5.10. The quantitative estimate of drug-likeness (QED) is 0.751. The van der Waals surface area contributed by atoms with Crippen molar-refractivity contribution in [3.05, 3.63) is 57.3 Å². The van der Waals surface area contributed by atoms with Crippen LogP contribution in [0.2, 0.25) is 0 Å². The second-order valence-corrected chi connectivity index (χ2v) is 8.97. The standard InChI is InChI=1S/C23H25NO3S/c1-22(2,26)9-6-17-4-3-5-19(16-17)21(25)24-12-10-23(11-13-24)20-18(7-14-27-23)8-15-28-20/h3-5,8,15-16,26H,7,10-14H2,1-2H3. The van der Waals surface area contributed by atoms with E-state index in [1.165, 1.54) is 10.4 Å². The summed E-state index contributed by atoms with van der Waals surface area (Å²) in [5.41, 5.74) is 1.52. The Balaban J connectivity index is 1.47. The maximum absolute atomic E-state index is 13.0. The van der Waals surface area contributed by atoms with Gasteiger partial charge >= 0.3 is 0 Å². The number of fused-ring (bicyclic) bond motifs is 2. The molecular weight excluding hydrogens is 370 g/mol. The van der Waals surface area contributed by atoms with Crippen molar-refractivity contribution in [3.63, 3.8) is 0 Å². The summed E-state index contributed by atoms with van der Waals surface area (Å²) in [6.45, 7) is 5.43. The summed E-state index contributed by atoms with van der Waals surface area (Å²) in [6, 6.07) is 9.54. The molecule has 1 aromatic carbocycles. The lowest BCUT2D eigenvalue weighted by molar-refractivity contribution is -0.0906. The number of thiophene rings is 1. The van der Waals surface area contributed by atoms with Crippen LogP contribution in [0.3, 0.4) is 0 Å². The van der Waals surface area contributed by atoms with Crippen molar-refractivity contribution in [2.45, 2.75) is 44.3 Å². The Morgan fingerprint density at radius 3 is 2.82 bits per heavy atom. The summed E-state index contributed by atoms with van der Waals surface area (Å²) >= 11 is 1.78. The van der Waals surface area contributed by atoms with E-state index in [-0.39, 0.29) is 11.5 Å². The molecule has 0 aliphatic carbocycles. The normalized spacial score (nSPS) is 18.3. The molecule has 1 N–H and O–H groups in total. The lowest BCUT2D eigenvalue weighted by Gasteiger charge is -2.43. The minimum atomic E-state index is -1.05. The molecule has 1 fully saturated rings. The zero-order chi connectivity index (χ0) is 19.8. The minimum Gasteiger partial charge on any atom is -0.378 e. The lowest BCUT2D eigenvalue weighted by atomic mass is 9.85. The van der Waals surface area contributed by atoms with Gasteiger partial charge in [-0.15, -0.1) is 11.3 Å². The molecule has 0 unspecified atom stereocenters. The third kappa shape index (κ3) is 3.86. The van der Waals surface area contributed by atoms with E-state index < -0.39 is 5.60 Å². The molecule has 1 amide bonds. The molecule has 1 spiro atoms. The molecule has 146 valence electrons. The van der Waals surface area contributed by atoms with Gasteiger partial charge in [0.1, 0.15) is 11.2 Å². The van der Waals surface area contributed by atoms with Gasteiger partial charge in [-0.1, -0.05) is 17.9 Å². The molecule has 3 heterocycles. The molecule has 0 radical (unpaired) electrons. The number of hydrogen-bond acceptors (Lipinski definition) is 4. The van der Waals surface area contributed by atoms with Crippen molar-refractivity contribution in [2.24, 2.45) is 0 Å². The van der Waals surface area contributed by atoms with Gasteiger partial charge < -0.3 is 14.7 Å². The number of amides is 1. The molecule has 0 atom stereocenters. The first-order valence-electron chi connectivity index (χ1n) is 9.72. The van der Waals surface area contributed by atoms with Gasteiger partial charge in [0, 0.05) is 29.1 Å². The summed E-state index contributed by atoms with van der Waals surface area (Å²) in [4.78, 5) is 16.3. The monoisotopic (exact) mass is 395 g/mol. The molecule has 0 saturated carbocycles. The highest BCUT2D eigenvalue weighted by Crippen LogP contribution is 2.44. The van der Waals surface area contributed by atoms with Crippen molar-refractivity contribution < 1.29 is 14.6 Å². The number of ether oxygens (including phenoxy) is 1. The SMILES string of the molecule is CC(C)(O)C#Cc1cccc(C(=O)N2CCC3(CC2)OCCc2ccsc23)c1. The summed E-state index contributed by atoms with van der Waals surface area (Å²) in [5, 5.41) is 11.9. The van der Waals surface area contributed by atoms with Crippen LogP contribution in [-0.2, 0) is 16.8 Å². The molecule has 4 rings (SSSR count). The van der Waals surface area contributed by atoms with Crippen LogP contribution in [0, 0.1) is 11.8 Å². The molecule has 1 saturated heterocycles. The van der Waals surface area contributed by atoms with E-state index in [1.807, 2.05) is 23.1 Å². The van der Waals surface area contributed by atoms with Gasteiger partial charge in [0.2, 0.25) is 0 Å². The smallest absolute Gasteiger partial charge is 0.253 e. The summed E-state index contributed by atoms with van der Waals surface area (Å²) in [5.74, 6) is 5.77. The topological polar surface area (TPSA) is 49.8 Å². The first kappa shape index (κ1) is 19.2. The van der Waals surface area contributed by atoms with Crippen LogP contribution in [0.15, 0.2) is 35.7 Å². The maximum Gasteiger partial charge on any atom is 0.253 e. The molecule has 4 nitrogen and oxygen atoms in total. The minimum absolute atomic E-state index is 0.0315. The van der Waals surface area contributed by atoms with E-state index in [2.05, 4.69) is 23.3 Å². The van der Waals surface area contributed by atoms with Gasteiger partial charge in [-0.25, -0.2) is 0 Å². The fraction of sp³-hybridized carbons (Fsp3) is 0.435. The van der Waals surface area contributed by atoms with Crippen LogP contribution in [-0.4, -0.2) is 41.2 Å². The largest absolute Gasteiger partial charge is 0.378 e. The molecule has 1 aromatic heterocycles. The third-order valence-corrected chi connectivity index (χ3v) is 6.53. The van der Waals surface area contributed by atoms with Crippen LogP contribution in [0.5, 0.6) is 0 Å².